The molecule has 0 fully saturated rings. The highest BCUT2D eigenvalue weighted by Crippen LogP contribution is 2.42. The molecule has 3 aromatic heterocycles. The third-order valence-corrected chi connectivity index (χ3v) is 9.26. The van der Waals surface area contributed by atoms with Gasteiger partial charge in [0.25, 0.3) is 10.0 Å². The molecule has 3 N–H and O–H groups in total. The molecule has 0 saturated heterocycles. The van der Waals surface area contributed by atoms with E-state index in [0.29, 0.717) is 40.3 Å². The van der Waals surface area contributed by atoms with Gasteiger partial charge in [0.05, 0.1) is 27.0 Å². The maximum absolute atomic E-state index is 16.0. The number of sulfonamides is 1. The van der Waals surface area contributed by atoms with Crippen LogP contribution in [0.2, 0.25) is 0 Å². The van der Waals surface area contributed by atoms with Gasteiger partial charge in [0, 0.05) is 30.1 Å². The molecule has 5 rings (SSSR count). The summed E-state index contributed by atoms with van der Waals surface area (Å²) in [5.74, 6) is -2.56. The largest absolute Gasteiger partial charge is 0.354 e. The molecular weight excluding hydrogens is 615 g/mol. The molecule has 2 aromatic carbocycles. The first-order valence-corrected chi connectivity index (χ1v) is 15.8. The molecule has 0 radical (unpaired) electrons. The summed E-state index contributed by atoms with van der Waals surface area (Å²) in [7, 11) is -4.81. The number of unbranched alkanes of at least 4 members (excludes halogenated alkanes) is 1. The fraction of sp³-hybridized carbons (Fsp3) is 0.286. The van der Waals surface area contributed by atoms with Gasteiger partial charge in [0.1, 0.15) is 11.6 Å². The molecule has 0 aliphatic heterocycles. The number of aromatic nitrogens is 7. The summed E-state index contributed by atoms with van der Waals surface area (Å²) in [5.41, 5.74) is -0.193. The average molecular weight is 644 g/mol. The van der Waals surface area contributed by atoms with E-state index in [0.717, 1.165) is 37.1 Å². The number of aromatic amines is 1. The van der Waals surface area contributed by atoms with Crippen molar-refractivity contribution >= 4 is 33.0 Å². The van der Waals surface area contributed by atoms with Crippen molar-refractivity contribution in [1.82, 2.24) is 35.6 Å². The Hall–Kier alpha value is -4.44. The van der Waals surface area contributed by atoms with E-state index >= 15 is 4.39 Å². The summed E-state index contributed by atoms with van der Waals surface area (Å²) < 4.78 is 72.3. The van der Waals surface area contributed by atoms with Crippen LogP contribution in [0.1, 0.15) is 44.4 Å². The Bertz CT molecular complexity index is 1860. The van der Waals surface area contributed by atoms with Crippen LogP contribution in [-0.2, 0) is 21.9 Å². The highest BCUT2D eigenvalue weighted by Gasteiger charge is 2.28. The zero-order valence-corrected chi connectivity index (χ0v) is 25.5. The number of anilines is 2. The number of tetrazole rings is 1. The Balaban J connectivity index is 1.44. The second-order valence-electron chi connectivity index (χ2n) is 10.7. The maximum atomic E-state index is 16.0. The van der Waals surface area contributed by atoms with Gasteiger partial charge in [-0.1, -0.05) is 38.1 Å². The van der Waals surface area contributed by atoms with Crippen molar-refractivity contribution in [3.8, 4) is 21.8 Å². The number of thiazole rings is 1. The van der Waals surface area contributed by atoms with Crippen molar-refractivity contribution in [2.24, 2.45) is 0 Å². The number of nitrogens with one attached hydrogen (secondary N) is 3. The summed E-state index contributed by atoms with van der Waals surface area (Å²) in [5, 5.41) is 17.7. The third kappa shape index (κ3) is 6.86. The Morgan fingerprint density at radius 1 is 0.977 bits per heavy atom. The van der Waals surface area contributed by atoms with Gasteiger partial charge in [-0.3, -0.25) is 4.72 Å². The number of hydrogen-bond acceptors (Lipinski definition) is 10. The predicted octanol–water partition coefficient (Wildman–Crippen LogP) is 5.73. The minimum atomic E-state index is -4.81. The molecule has 16 heteroatoms. The van der Waals surface area contributed by atoms with E-state index in [1.165, 1.54) is 23.5 Å². The number of H-pyrrole nitrogens is 1. The summed E-state index contributed by atoms with van der Waals surface area (Å²) in [6, 6.07) is 8.37. The van der Waals surface area contributed by atoms with Crippen molar-refractivity contribution in [1.29, 1.82) is 0 Å². The first-order chi connectivity index (χ1) is 20.9. The molecular formula is C28H28F3N9O2S2. The van der Waals surface area contributed by atoms with Crippen molar-refractivity contribution in [2.75, 3.05) is 16.6 Å². The summed E-state index contributed by atoms with van der Waals surface area (Å²) in [6.45, 7) is 6.48. The van der Waals surface area contributed by atoms with Crippen LogP contribution in [0.3, 0.4) is 0 Å². The lowest BCUT2D eigenvalue weighted by Crippen LogP contribution is -2.17. The van der Waals surface area contributed by atoms with Gasteiger partial charge < -0.3 is 5.32 Å². The van der Waals surface area contributed by atoms with Crippen LogP contribution in [0.15, 0.2) is 53.6 Å². The summed E-state index contributed by atoms with van der Waals surface area (Å²) in [4.78, 5) is 13.0. The number of nitrogens with zero attached hydrogens (tertiary/aromatic N) is 6. The van der Waals surface area contributed by atoms with Crippen LogP contribution in [0, 0.1) is 17.5 Å². The Morgan fingerprint density at radius 2 is 1.73 bits per heavy atom. The molecule has 0 spiro atoms. The van der Waals surface area contributed by atoms with Gasteiger partial charge in [0.2, 0.25) is 5.95 Å². The minimum Gasteiger partial charge on any atom is -0.354 e. The van der Waals surface area contributed by atoms with E-state index in [2.05, 4.69) is 35.9 Å². The molecule has 0 atom stereocenters. The van der Waals surface area contributed by atoms with Crippen molar-refractivity contribution in [3.05, 3.63) is 76.9 Å². The molecule has 0 unspecified atom stereocenters. The van der Waals surface area contributed by atoms with E-state index in [1.54, 1.807) is 12.3 Å². The standard InChI is InChI=1S/C28H28F3N9O2S2/c1-28(2,3)26-35-23(16-8-6-11-19(22(16)31)38-44(41,42)25-17(29)9-7-10-18(25)30)24(43-26)20-13-15-33-27(34-20)32-14-5-4-12-21-36-39-40-37-21/h6-11,13,15,38H,4-5,12,14H2,1-3H3,(H,32,33,34)(H,36,37,39,40). The number of benzene rings is 2. The van der Waals surface area contributed by atoms with Crippen LogP contribution < -0.4 is 10.0 Å². The monoisotopic (exact) mass is 643 g/mol. The average Bonchev–Trinajstić information content (AvgIpc) is 3.65. The molecule has 3 heterocycles. The Labute approximate surface area is 255 Å². The van der Waals surface area contributed by atoms with Crippen LogP contribution in [0.25, 0.3) is 21.8 Å². The van der Waals surface area contributed by atoms with Crippen molar-refractivity contribution < 1.29 is 21.6 Å². The van der Waals surface area contributed by atoms with Crippen molar-refractivity contribution in [2.45, 2.75) is 50.3 Å². The quantitative estimate of drug-likeness (QED) is 0.153. The van der Waals surface area contributed by atoms with Crippen LogP contribution in [0.5, 0.6) is 0 Å². The second kappa shape index (κ2) is 12.7. The summed E-state index contributed by atoms with van der Waals surface area (Å²) >= 11 is 1.33. The van der Waals surface area contributed by atoms with E-state index in [-0.39, 0.29) is 11.3 Å². The van der Waals surface area contributed by atoms with Crippen molar-refractivity contribution in [3.63, 3.8) is 0 Å². The van der Waals surface area contributed by atoms with Gasteiger partial charge in [-0.2, -0.15) is 5.21 Å². The minimum absolute atomic E-state index is 0.0180. The normalized spacial score (nSPS) is 12.0. The molecule has 0 amide bonds. The fourth-order valence-electron chi connectivity index (χ4n) is 4.19. The zero-order valence-electron chi connectivity index (χ0n) is 23.9. The van der Waals surface area contributed by atoms with Crippen LogP contribution in [-0.4, -0.2) is 50.5 Å². The van der Waals surface area contributed by atoms with Gasteiger partial charge in [0.15, 0.2) is 16.5 Å². The second-order valence-corrected chi connectivity index (χ2v) is 13.4. The molecule has 0 aliphatic carbocycles. The third-order valence-electron chi connectivity index (χ3n) is 6.34. The molecule has 5 aromatic rings. The summed E-state index contributed by atoms with van der Waals surface area (Å²) in [6.07, 6.45) is 3.87. The van der Waals surface area contributed by atoms with E-state index in [1.807, 2.05) is 25.5 Å². The molecule has 44 heavy (non-hydrogen) atoms. The SMILES string of the molecule is CC(C)(C)c1nc(-c2cccc(NS(=O)(=O)c3c(F)cccc3F)c2F)c(-c2ccnc(NCCCCc3nn[nH]n3)n2)s1. The number of aryl methyl sites for hydroxylation is 1. The zero-order chi connectivity index (χ0) is 31.5. The topological polar surface area (TPSA) is 151 Å². The lowest BCUT2D eigenvalue weighted by Gasteiger charge is -2.14. The van der Waals surface area contributed by atoms with E-state index < -0.39 is 43.5 Å². The Morgan fingerprint density at radius 3 is 2.43 bits per heavy atom. The van der Waals surface area contributed by atoms with Crippen LogP contribution >= 0.6 is 11.3 Å². The predicted molar refractivity (Wildman–Crippen MR) is 160 cm³/mol. The molecule has 11 nitrogen and oxygen atoms in total. The number of rotatable bonds is 11. The smallest absolute Gasteiger partial charge is 0.267 e. The lowest BCUT2D eigenvalue weighted by molar-refractivity contribution is 0.521. The van der Waals surface area contributed by atoms with Gasteiger partial charge >= 0.3 is 0 Å². The van der Waals surface area contributed by atoms with Gasteiger partial charge in [-0.05, 0) is 43.2 Å². The first kappa shape index (κ1) is 31.0. The van der Waals surface area contributed by atoms with Gasteiger partial charge in [-0.15, -0.1) is 21.5 Å². The van der Waals surface area contributed by atoms with Crippen LogP contribution in [0.4, 0.5) is 24.8 Å². The first-order valence-electron chi connectivity index (χ1n) is 13.5. The number of halogens is 3. The highest BCUT2D eigenvalue weighted by atomic mass is 32.2. The van der Waals surface area contributed by atoms with E-state index in [4.69, 9.17) is 4.98 Å². The maximum Gasteiger partial charge on any atom is 0.267 e. The fourth-order valence-corrected chi connectivity index (χ4v) is 6.50. The lowest BCUT2D eigenvalue weighted by atomic mass is 9.98. The molecule has 230 valence electrons. The number of hydrogen-bond donors (Lipinski definition) is 3. The Kier molecular flexibility index (Phi) is 8.92. The molecule has 0 bridgehead atoms. The van der Waals surface area contributed by atoms with Gasteiger partial charge in [-0.25, -0.2) is 36.5 Å². The molecule has 0 saturated carbocycles. The van der Waals surface area contributed by atoms with E-state index in [9.17, 15) is 17.2 Å². The molecule has 0 aliphatic rings. The highest BCUT2D eigenvalue weighted by molar-refractivity contribution is 7.92.